The van der Waals surface area contributed by atoms with Crippen molar-refractivity contribution >= 4 is 17.9 Å². The van der Waals surface area contributed by atoms with Gasteiger partial charge in [-0.1, -0.05) is 311 Å². The van der Waals surface area contributed by atoms with Crippen molar-refractivity contribution in [2.45, 2.75) is 356 Å². The first-order valence-corrected chi connectivity index (χ1v) is 31.1. The summed E-state index contributed by atoms with van der Waals surface area (Å²) in [6, 6.07) is 0. The fourth-order valence-electron chi connectivity index (χ4n) is 9.67. The number of unbranched alkanes of at least 4 members (excludes halogenated alkanes) is 38. The SMILES string of the molecule is CCC(C)CCCCCCCCCCCCCCCCCCCCC(=O)O[C@H](COC(=O)CCCCCCCCCCCCCCCCCCC(C)C)COC(=O)CCCCCCCCCC(C)C. The van der Waals surface area contributed by atoms with Crippen LogP contribution in [0.5, 0.6) is 0 Å². The lowest BCUT2D eigenvalue weighted by Crippen LogP contribution is -2.30. The van der Waals surface area contributed by atoms with Crippen LogP contribution in [-0.4, -0.2) is 37.2 Å². The Bertz CT molecular complexity index is 1070. The lowest BCUT2D eigenvalue weighted by Gasteiger charge is -2.18. The van der Waals surface area contributed by atoms with Crippen LogP contribution in [0.2, 0.25) is 0 Å². The highest BCUT2D eigenvalue weighted by Gasteiger charge is 2.19. The van der Waals surface area contributed by atoms with Crippen LogP contribution >= 0.6 is 0 Å². The molecule has 6 nitrogen and oxygen atoms in total. The Morgan fingerprint density at radius 3 is 0.754 bits per heavy atom. The highest BCUT2D eigenvalue weighted by atomic mass is 16.6. The van der Waals surface area contributed by atoms with Gasteiger partial charge in [0.2, 0.25) is 0 Å². The Morgan fingerprint density at radius 2 is 0.507 bits per heavy atom. The van der Waals surface area contributed by atoms with E-state index in [1.54, 1.807) is 0 Å². The molecule has 0 aromatic rings. The van der Waals surface area contributed by atoms with E-state index in [9.17, 15) is 14.4 Å². The molecule has 2 atom stereocenters. The van der Waals surface area contributed by atoms with E-state index in [2.05, 4.69) is 41.5 Å². The summed E-state index contributed by atoms with van der Waals surface area (Å²) >= 11 is 0. The molecule has 0 bridgehead atoms. The Labute approximate surface area is 431 Å². The minimum absolute atomic E-state index is 0.0636. The molecule has 0 aliphatic heterocycles. The third-order valence-corrected chi connectivity index (χ3v) is 14.8. The van der Waals surface area contributed by atoms with Gasteiger partial charge in [0.15, 0.2) is 6.10 Å². The van der Waals surface area contributed by atoms with Gasteiger partial charge in [-0.05, 0) is 37.0 Å². The molecule has 0 rings (SSSR count). The van der Waals surface area contributed by atoms with Crippen LogP contribution in [0.15, 0.2) is 0 Å². The third kappa shape index (κ3) is 55.6. The van der Waals surface area contributed by atoms with Gasteiger partial charge in [-0.25, -0.2) is 0 Å². The largest absolute Gasteiger partial charge is 0.462 e. The van der Waals surface area contributed by atoms with Gasteiger partial charge >= 0.3 is 17.9 Å². The summed E-state index contributed by atoms with van der Waals surface area (Å²) in [5.41, 5.74) is 0. The van der Waals surface area contributed by atoms with Gasteiger partial charge < -0.3 is 14.2 Å². The van der Waals surface area contributed by atoms with Crippen molar-refractivity contribution in [3.63, 3.8) is 0 Å². The molecule has 6 heteroatoms. The van der Waals surface area contributed by atoms with Crippen LogP contribution in [-0.2, 0) is 28.6 Å². The normalized spacial score (nSPS) is 12.5. The average molecular weight is 976 g/mol. The van der Waals surface area contributed by atoms with E-state index in [1.165, 1.54) is 231 Å². The molecule has 0 aliphatic rings. The number of hydrogen-bond acceptors (Lipinski definition) is 6. The fraction of sp³-hybridized carbons (Fsp3) is 0.952. The lowest BCUT2D eigenvalue weighted by molar-refractivity contribution is -0.167. The maximum atomic E-state index is 12.9. The van der Waals surface area contributed by atoms with Crippen molar-refractivity contribution in [1.82, 2.24) is 0 Å². The monoisotopic (exact) mass is 975 g/mol. The number of hydrogen-bond donors (Lipinski definition) is 0. The molecule has 0 saturated heterocycles. The van der Waals surface area contributed by atoms with Gasteiger partial charge in [-0.15, -0.1) is 0 Å². The van der Waals surface area contributed by atoms with Gasteiger partial charge in [-0.2, -0.15) is 0 Å². The van der Waals surface area contributed by atoms with Crippen LogP contribution in [0.3, 0.4) is 0 Å². The Hall–Kier alpha value is -1.59. The molecule has 0 saturated carbocycles. The molecule has 0 N–H and O–H groups in total. The van der Waals surface area contributed by atoms with Crippen LogP contribution in [0.25, 0.3) is 0 Å². The van der Waals surface area contributed by atoms with Crippen LogP contribution in [0.1, 0.15) is 350 Å². The summed E-state index contributed by atoms with van der Waals surface area (Å²) in [5, 5.41) is 0. The Morgan fingerprint density at radius 1 is 0.290 bits per heavy atom. The maximum absolute atomic E-state index is 12.9. The van der Waals surface area contributed by atoms with E-state index < -0.39 is 6.10 Å². The fourth-order valence-corrected chi connectivity index (χ4v) is 9.67. The Balaban J connectivity index is 4.20. The zero-order valence-electron chi connectivity index (χ0n) is 47.6. The van der Waals surface area contributed by atoms with E-state index in [0.717, 1.165) is 75.5 Å². The molecule has 0 spiro atoms. The first-order chi connectivity index (χ1) is 33.6. The van der Waals surface area contributed by atoms with Crippen molar-refractivity contribution in [2.24, 2.45) is 17.8 Å². The van der Waals surface area contributed by atoms with Crippen molar-refractivity contribution < 1.29 is 28.6 Å². The number of carbonyl (C=O) groups is 3. The summed E-state index contributed by atoms with van der Waals surface area (Å²) in [7, 11) is 0. The zero-order valence-corrected chi connectivity index (χ0v) is 47.6. The molecular weight excluding hydrogens is 853 g/mol. The van der Waals surface area contributed by atoms with Crippen LogP contribution in [0, 0.1) is 17.8 Å². The van der Waals surface area contributed by atoms with Crippen molar-refractivity contribution in [2.75, 3.05) is 13.2 Å². The standard InChI is InChI=1S/C63H122O6/c1-7-59(6)51-45-39-33-27-23-19-15-10-8-9-11-17-21-25-29-35-42-48-54-63(66)69-60(56-68-62(65)53-47-41-36-30-32-38-44-50-58(4)5)55-67-61(64)52-46-40-34-28-24-20-16-13-12-14-18-22-26-31-37-43-49-57(2)3/h57-60H,7-56H2,1-6H3/t59?,60-/m1/s1. The molecule has 0 fully saturated rings. The average Bonchev–Trinajstić information content (AvgIpc) is 3.32. The molecule has 0 radical (unpaired) electrons. The second-order valence-corrected chi connectivity index (χ2v) is 22.9. The molecule has 69 heavy (non-hydrogen) atoms. The first kappa shape index (κ1) is 67.4. The summed E-state index contributed by atoms with van der Waals surface area (Å²) in [6.45, 7) is 13.8. The predicted molar refractivity (Wildman–Crippen MR) is 298 cm³/mol. The summed E-state index contributed by atoms with van der Waals surface area (Å²) < 4.78 is 16.9. The number of rotatable bonds is 56. The minimum atomic E-state index is -0.764. The van der Waals surface area contributed by atoms with Gasteiger partial charge in [0.05, 0.1) is 0 Å². The summed E-state index contributed by atoms with van der Waals surface area (Å²) in [5.74, 6) is 1.70. The zero-order chi connectivity index (χ0) is 50.5. The highest BCUT2D eigenvalue weighted by Crippen LogP contribution is 2.19. The molecule has 0 aliphatic carbocycles. The van der Waals surface area contributed by atoms with Gasteiger partial charge in [0, 0.05) is 19.3 Å². The Kier molecular flexibility index (Phi) is 52.9. The number of ether oxygens (including phenoxy) is 3. The number of carbonyl (C=O) groups excluding carboxylic acids is 3. The summed E-state index contributed by atoms with van der Waals surface area (Å²) in [6.07, 6.45) is 58.3. The van der Waals surface area contributed by atoms with Crippen molar-refractivity contribution in [1.29, 1.82) is 0 Å². The minimum Gasteiger partial charge on any atom is -0.462 e. The molecule has 410 valence electrons. The van der Waals surface area contributed by atoms with E-state index in [0.29, 0.717) is 19.3 Å². The van der Waals surface area contributed by atoms with Crippen LogP contribution < -0.4 is 0 Å². The van der Waals surface area contributed by atoms with E-state index in [-0.39, 0.29) is 31.1 Å². The maximum Gasteiger partial charge on any atom is 0.306 e. The second-order valence-electron chi connectivity index (χ2n) is 22.9. The molecular formula is C63H122O6. The van der Waals surface area contributed by atoms with Crippen LogP contribution in [0.4, 0.5) is 0 Å². The van der Waals surface area contributed by atoms with Gasteiger partial charge in [0.1, 0.15) is 13.2 Å². The lowest BCUT2D eigenvalue weighted by atomic mass is 9.99. The second kappa shape index (κ2) is 54.2. The molecule has 0 heterocycles. The van der Waals surface area contributed by atoms with Crippen molar-refractivity contribution in [3.8, 4) is 0 Å². The first-order valence-electron chi connectivity index (χ1n) is 31.1. The molecule has 0 aromatic carbocycles. The van der Waals surface area contributed by atoms with E-state index >= 15 is 0 Å². The quantitative estimate of drug-likeness (QED) is 0.0343. The third-order valence-electron chi connectivity index (χ3n) is 14.8. The van der Waals surface area contributed by atoms with E-state index in [4.69, 9.17) is 14.2 Å². The highest BCUT2D eigenvalue weighted by molar-refractivity contribution is 5.71. The smallest absolute Gasteiger partial charge is 0.306 e. The van der Waals surface area contributed by atoms with E-state index in [1.807, 2.05) is 0 Å². The van der Waals surface area contributed by atoms with Gasteiger partial charge in [-0.3, -0.25) is 14.4 Å². The van der Waals surface area contributed by atoms with Crippen molar-refractivity contribution in [3.05, 3.63) is 0 Å². The molecule has 0 amide bonds. The topological polar surface area (TPSA) is 78.9 Å². The molecule has 0 aromatic heterocycles. The molecule has 1 unspecified atom stereocenters. The predicted octanol–water partition coefficient (Wildman–Crippen LogP) is 20.7. The van der Waals surface area contributed by atoms with Gasteiger partial charge in [0.25, 0.3) is 0 Å². The number of esters is 3. The summed E-state index contributed by atoms with van der Waals surface area (Å²) in [4.78, 5) is 38.2.